The van der Waals surface area contributed by atoms with E-state index in [4.69, 9.17) is 0 Å². The van der Waals surface area contributed by atoms with E-state index in [1.165, 1.54) is 19.5 Å². The highest BCUT2D eigenvalue weighted by Crippen LogP contribution is 2.50. The fraction of sp³-hybridized carbons (Fsp3) is 1.00. The van der Waals surface area contributed by atoms with E-state index in [9.17, 15) is 0 Å². The first-order chi connectivity index (χ1) is 4.29. The number of fused-ring (bicyclic) bond motifs is 1. The van der Waals surface area contributed by atoms with Gasteiger partial charge < -0.3 is 4.90 Å². The highest BCUT2D eigenvalue weighted by molar-refractivity contribution is 4.98. The van der Waals surface area contributed by atoms with Crippen LogP contribution in [-0.4, -0.2) is 25.0 Å². The Labute approximate surface area is 57.0 Å². The lowest BCUT2D eigenvalue weighted by molar-refractivity contribution is 0.265. The van der Waals surface area contributed by atoms with Crippen LogP contribution >= 0.6 is 0 Å². The number of nitrogens with zero attached hydrogens (tertiary/aromatic N) is 1. The second-order valence-corrected chi connectivity index (χ2v) is 3.74. The van der Waals surface area contributed by atoms with Gasteiger partial charge in [-0.1, -0.05) is 6.92 Å². The maximum atomic E-state index is 2.46. The molecule has 3 atom stereocenters. The third kappa shape index (κ3) is 0.787. The molecule has 2 aliphatic rings. The molecule has 0 N–H and O–H groups in total. The highest BCUT2D eigenvalue weighted by Gasteiger charge is 2.48. The van der Waals surface area contributed by atoms with E-state index in [2.05, 4.69) is 18.9 Å². The van der Waals surface area contributed by atoms with Crippen LogP contribution in [0.3, 0.4) is 0 Å². The second-order valence-electron chi connectivity index (χ2n) is 3.74. The van der Waals surface area contributed by atoms with E-state index in [-0.39, 0.29) is 0 Å². The SMILES string of the molecule is C[C@H]1C2CCN(C)CC21. The van der Waals surface area contributed by atoms with Crippen LogP contribution in [0, 0.1) is 17.8 Å². The van der Waals surface area contributed by atoms with Gasteiger partial charge in [-0.2, -0.15) is 0 Å². The predicted molar refractivity (Wildman–Crippen MR) is 38.3 cm³/mol. The summed E-state index contributed by atoms with van der Waals surface area (Å²) in [4.78, 5) is 2.46. The molecule has 0 radical (unpaired) electrons. The zero-order valence-electron chi connectivity index (χ0n) is 6.30. The molecule has 0 aromatic heterocycles. The van der Waals surface area contributed by atoms with Gasteiger partial charge >= 0.3 is 0 Å². The molecule has 1 nitrogen and oxygen atoms in total. The predicted octanol–water partition coefficient (Wildman–Crippen LogP) is 1.20. The van der Waals surface area contributed by atoms with Crippen LogP contribution in [0.4, 0.5) is 0 Å². The topological polar surface area (TPSA) is 3.24 Å². The molecule has 9 heavy (non-hydrogen) atoms. The van der Waals surface area contributed by atoms with E-state index in [0.29, 0.717) is 0 Å². The molecule has 1 aliphatic carbocycles. The summed E-state index contributed by atoms with van der Waals surface area (Å²) in [6, 6.07) is 0. The van der Waals surface area contributed by atoms with Crippen molar-refractivity contribution in [1.29, 1.82) is 0 Å². The van der Waals surface area contributed by atoms with Crippen LogP contribution in [0.1, 0.15) is 13.3 Å². The van der Waals surface area contributed by atoms with Gasteiger partial charge in [0.15, 0.2) is 0 Å². The highest BCUT2D eigenvalue weighted by atomic mass is 15.1. The Morgan fingerprint density at radius 3 is 2.67 bits per heavy atom. The lowest BCUT2D eigenvalue weighted by Crippen LogP contribution is -2.26. The molecule has 2 unspecified atom stereocenters. The minimum Gasteiger partial charge on any atom is -0.306 e. The van der Waals surface area contributed by atoms with E-state index < -0.39 is 0 Å². The Hall–Kier alpha value is -0.0400. The Morgan fingerprint density at radius 2 is 2.11 bits per heavy atom. The van der Waals surface area contributed by atoms with Crippen molar-refractivity contribution in [2.75, 3.05) is 20.1 Å². The van der Waals surface area contributed by atoms with Crippen LogP contribution in [0.15, 0.2) is 0 Å². The van der Waals surface area contributed by atoms with Crippen molar-refractivity contribution < 1.29 is 0 Å². The molecule has 1 aliphatic heterocycles. The summed E-state index contributed by atoms with van der Waals surface area (Å²) in [5.41, 5.74) is 0. The van der Waals surface area contributed by atoms with E-state index in [1.807, 2.05) is 0 Å². The molecular formula is C8H15N. The lowest BCUT2D eigenvalue weighted by atomic mass is 10.1. The molecule has 0 amide bonds. The van der Waals surface area contributed by atoms with Crippen molar-refractivity contribution in [3.05, 3.63) is 0 Å². The third-order valence-corrected chi connectivity index (χ3v) is 3.13. The van der Waals surface area contributed by atoms with E-state index in [1.54, 1.807) is 0 Å². The van der Waals surface area contributed by atoms with Gasteiger partial charge in [0, 0.05) is 6.54 Å². The average Bonchev–Trinajstić information content (AvgIpc) is 2.43. The van der Waals surface area contributed by atoms with Crippen molar-refractivity contribution in [1.82, 2.24) is 4.90 Å². The normalized spacial score (nSPS) is 50.7. The van der Waals surface area contributed by atoms with Crippen molar-refractivity contribution >= 4 is 0 Å². The summed E-state index contributed by atoms with van der Waals surface area (Å²) in [7, 11) is 2.24. The largest absolute Gasteiger partial charge is 0.306 e. The Bertz CT molecular complexity index is 122. The van der Waals surface area contributed by atoms with Gasteiger partial charge in [-0.15, -0.1) is 0 Å². The maximum Gasteiger partial charge on any atom is 0.00120 e. The molecule has 2 fully saturated rings. The van der Waals surface area contributed by atoms with Crippen molar-refractivity contribution in [2.24, 2.45) is 17.8 Å². The lowest BCUT2D eigenvalue weighted by Gasteiger charge is -2.20. The third-order valence-electron chi connectivity index (χ3n) is 3.13. The van der Waals surface area contributed by atoms with Gasteiger partial charge in [0.2, 0.25) is 0 Å². The standard InChI is InChI=1S/C8H15N/c1-6-7-3-4-9(2)5-8(6)7/h6-8H,3-5H2,1-2H3/t6-,7?,8?/m0/s1. The fourth-order valence-electron chi connectivity index (χ4n) is 2.24. The number of piperidine rings is 1. The summed E-state index contributed by atoms with van der Waals surface area (Å²) in [5.74, 6) is 3.24. The minimum atomic E-state index is 1.05. The van der Waals surface area contributed by atoms with E-state index >= 15 is 0 Å². The van der Waals surface area contributed by atoms with Crippen LogP contribution in [0.2, 0.25) is 0 Å². The zero-order valence-corrected chi connectivity index (χ0v) is 6.30. The quantitative estimate of drug-likeness (QED) is 0.470. The van der Waals surface area contributed by atoms with Gasteiger partial charge in [-0.3, -0.25) is 0 Å². The van der Waals surface area contributed by atoms with Crippen molar-refractivity contribution in [2.45, 2.75) is 13.3 Å². The molecule has 1 saturated heterocycles. The summed E-state index contributed by atoms with van der Waals surface area (Å²) in [6.07, 6.45) is 1.46. The first-order valence-electron chi connectivity index (χ1n) is 3.97. The molecule has 2 rings (SSSR count). The maximum absolute atomic E-state index is 2.46. The Morgan fingerprint density at radius 1 is 1.33 bits per heavy atom. The second kappa shape index (κ2) is 1.72. The van der Waals surface area contributed by atoms with Crippen molar-refractivity contribution in [3.8, 4) is 0 Å². The molecule has 1 saturated carbocycles. The Balaban J connectivity index is 1.96. The van der Waals surface area contributed by atoms with Gasteiger partial charge in [-0.05, 0) is 37.8 Å². The van der Waals surface area contributed by atoms with Crippen LogP contribution < -0.4 is 0 Å². The summed E-state index contributed by atoms with van der Waals surface area (Å²) < 4.78 is 0. The van der Waals surface area contributed by atoms with Crippen LogP contribution in [0.5, 0.6) is 0 Å². The molecule has 1 heteroatoms. The number of hydrogen-bond donors (Lipinski definition) is 0. The molecule has 1 heterocycles. The van der Waals surface area contributed by atoms with Gasteiger partial charge in [-0.25, -0.2) is 0 Å². The zero-order chi connectivity index (χ0) is 6.43. The molecule has 0 aromatic carbocycles. The van der Waals surface area contributed by atoms with Crippen LogP contribution in [-0.2, 0) is 0 Å². The number of likely N-dealkylation sites (tertiary alicyclic amines) is 1. The van der Waals surface area contributed by atoms with Crippen molar-refractivity contribution in [3.63, 3.8) is 0 Å². The minimum absolute atomic E-state index is 1.05. The molecule has 52 valence electrons. The van der Waals surface area contributed by atoms with Gasteiger partial charge in [0.1, 0.15) is 0 Å². The summed E-state index contributed by atoms with van der Waals surface area (Å²) in [5, 5.41) is 0. The molecule has 0 aromatic rings. The Kier molecular flexibility index (Phi) is 1.10. The first kappa shape index (κ1) is 5.72. The average molecular weight is 125 g/mol. The summed E-state index contributed by atoms with van der Waals surface area (Å²) in [6.45, 7) is 5.10. The monoisotopic (exact) mass is 125 g/mol. The molecule has 0 spiro atoms. The molecular weight excluding hydrogens is 110 g/mol. The van der Waals surface area contributed by atoms with E-state index in [0.717, 1.165) is 17.8 Å². The first-order valence-corrected chi connectivity index (χ1v) is 3.97. The summed E-state index contributed by atoms with van der Waals surface area (Å²) >= 11 is 0. The van der Waals surface area contributed by atoms with Gasteiger partial charge in [0.25, 0.3) is 0 Å². The van der Waals surface area contributed by atoms with Gasteiger partial charge in [0.05, 0.1) is 0 Å². The smallest absolute Gasteiger partial charge is 0.00120 e. The number of rotatable bonds is 0. The fourth-order valence-corrected chi connectivity index (χ4v) is 2.24. The number of hydrogen-bond acceptors (Lipinski definition) is 1. The molecule has 0 bridgehead atoms. The van der Waals surface area contributed by atoms with Crippen LogP contribution in [0.25, 0.3) is 0 Å².